The highest BCUT2D eigenvalue weighted by molar-refractivity contribution is 5.77. The van der Waals surface area contributed by atoms with Gasteiger partial charge in [0.1, 0.15) is 5.58 Å². The van der Waals surface area contributed by atoms with Gasteiger partial charge in [-0.3, -0.25) is 0 Å². The first-order valence-corrected chi connectivity index (χ1v) is 3.80. The van der Waals surface area contributed by atoms with E-state index in [-0.39, 0.29) is 0 Å². The molecule has 0 aliphatic heterocycles. The first kappa shape index (κ1) is 7.00. The van der Waals surface area contributed by atoms with Gasteiger partial charge in [0, 0.05) is 11.8 Å². The Balaban J connectivity index is 2.54. The summed E-state index contributed by atoms with van der Waals surface area (Å²) in [4.78, 5) is 0. The van der Waals surface area contributed by atoms with E-state index in [0.29, 0.717) is 6.42 Å². The molecule has 0 aliphatic rings. The van der Waals surface area contributed by atoms with E-state index in [1.165, 1.54) is 0 Å². The molecule has 12 heavy (non-hydrogen) atoms. The average molecular weight is 156 g/mol. The highest BCUT2D eigenvalue weighted by Gasteiger charge is 1.96. The Morgan fingerprint density at radius 2 is 2.25 bits per heavy atom. The summed E-state index contributed by atoms with van der Waals surface area (Å²) in [5, 5.41) is 1.11. The second-order valence-corrected chi connectivity index (χ2v) is 2.67. The normalized spacial score (nSPS) is 9.92. The van der Waals surface area contributed by atoms with Crippen molar-refractivity contribution in [3.63, 3.8) is 0 Å². The van der Waals surface area contributed by atoms with E-state index in [1.807, 2.05) is 18.2 Å². The molecule has 0 atom stereocenters. The van der Waals surface area contributed by atoms with Gasteiger partial charge in [0.25, 0.3) is 0 Å². The van der Waals surface area contributed by atoms with E-state index in [9.17, 15) is 0 Å². The van der Waals surface area contributed by atoms with E-state index in [2.05, 4.69) is 12.0 Å². The predicted octanol–water partition coefficient (Wildman–Crippen LogP) is 2.61. The highest BCUT2D eigenvalue weighted by Crippen LogP contribution is 2.16. The maximum absolute atomic E-state index is 5.21. The Kier molecular flexibility index (Phi) is 1.60. The minimum Gasteiger partial charge on any atom is -0.464 e. The Morgan fingerprint density at radius 1 is 1.33 bits per heavy atom. The van der Waals surface area contributed by atoms with E-state index >= 15 is 0 Å². The van der Waals surface area contributed by atoms with Crippen LogP contribution in [0.5, 0.6) is 0 Å². The largest absolute Gasteiger partial charge is 0.464 e. The molecule has 0 aliphatic carbocycles. The second-order valence-electron chi connectivity index (χ2n) is 2.67. The van der Waals surface area contributed by atoms with Crippen LogP contribution >= 0.6 is 0 Å². The monoisotopic (exact) mass is 156 g/mol. The number of terminal acetylenes is 1. The van der Waals surface area contributed by atoms with Crippen molar-refractivity contribution < 1.29 is 4.42 Å². The van der Waals surface area contributed by atoms with Gasteiger partial charge in [-0.1, -0.05) is 6.07 Å². The Bertz CT molecular complexity index is 431. The molecule has 1 aromatic carbocycles. The number of hydrogen-bond acceptors (Lipinski definition) is 1. The minimum absolute atomic E-state index is 0.682. The molecule has 0 unspecified atom stereocenters. The predicted molar refractivity (Wildman–Crippen MR) is 48.8 cm³/mol. The van der Waals surface area contributed by atoms with Crippen LogP contribution in [-0.2, 0) is 6.42 Å². The van der Waals surface area contributed by atoms with Crippen LogP contribution in [0.15, 0.2) is 34.9 Å². The van der Waals surface area contributed by atoms with E-state index < -0.39 is 0 Å². The molecule has 0 fully saturated rings. The topological polar surface area (TPSA) is 13.1 Å². The zero-order chi connectivity index (χ0) is 8.39. The molecule has 0 bridgehead atoms. The molecule has 2 aromatic rings. The fourth-order valence-corrected chi connectivity index (χ4v) is 1.24. The van der Waals surface area contributed by atoms with Gasteiger partial charge in [0.2, 0.25) is 0 Å². The van der Waals surface area contributed by atoms with E-state index in [4.69, 9.17) is 10.8 Å². The van der Waals surface area contributed by atoms with Crippen molar-refractivity contribution in [1.82, 2.24) is 0 Å². The lowest BCUT2D eigenvalue weighted by atomic mass is 10.1. The lowest BCUT2D eigenvalue weighted by Crippen LogP contribution is -1.78. The highest BCUT2D eigenvalue weighted by atomic mass is 16.3. The van der Waals surface area contributed by atoms with Crippen molar-refractivity contribution in [1.29, 1.82) is 0 Å². The van der Waals surface area contributed by atoms with Gasteiger partial charge in [-0.15, -0.1) is 12.3 Å². The zero-order valence-electron chi connectivity index (χ0n) is 6.58. The molecule has 0 spiro atoms. The van der Waals surface area contributed by atoms with Crippen LogP contribution in [0.3, 0.4) is 0 Å². The van der Waals surface area contributed by atoms with Crippen LogP contribution in [0.2, 0.25) is 0 Å². The van der Waals surface area contributed by atoms with E-state index in [0.717, 1.165) is 16.5 Å². The standard InChI is InChI=1S/C11H8O/c1-2-3-9-4-5-11-10(8-9)6-7-12-11/h1,4-8H,3H2. The SMILES string of the molecule is C#CCc1ccc2occc2c1. The van der Waals surface area contributed by atoms with Crippen LogP contribution in [0.25, 0.3) is 11.0 Å². The van der Waals surface area contributed by atoms with E-state index in [1.54, 1.807) is 6.26 Å². The Hall–Kier alpha value is -1.68. The first-order chi connectivity index (χ1) is 5.90. The van der Waals surface area contributed by atoms with Crippen LogP contribution in [0.4, 0.5) is 0 Å². The van der Waals surface area contributed by atoms with Crippen molar-refractivity contribution in [2.75, 3.05) is 0 Å². The van der Waals surface area contributed by atoms with Gasteiger partial charge in [-0.25, -0.2) is 0 Å². The molecule has 0 amide bonds. The summed E-state index contributed by atoms with van der Waals surface area (Å²) in [7, 11) is 0. The molecular formula is C11H8O. The van der Waals surface area contributed by atoms with Gasteiger partial charge in [-0.2, -0.15) is 0 Å². The summed E-state index contributed by atoms with van der Waals surface area (Å²) in [6.45, 7) is 0. The third kappa shape index (κ3) is 1.08. The Morgan fingerprint density at radius 3 is 3.08 bits per heavy atom. The molecule has 1 nitrogen and oxygen atoms in total. The first-order valence-electron chi connectivity index (χ1n) is 3.80. The summed E-state index contributed by atoms with van der Waals surface area (Å²) < 4.78 is 5.20. The molecule has 1 heterocycles. The zero-order valence-corrected chi connectivity index (χ0v) is 6.58. The summed E-state index contributed by atoms with van der Waals surface area (Å²) in [6.07, 6.45) is 7.57. The summed E-state index contributed by atoms with van der Waals surface area (Å²) >= 11 is 0. The fourth-order valence-electron chi connectivity index (χ4n) is 1.24. The molecule has 0 saturated carbocycles. The minimum atomic E-state index is 0.682. The maximum atomic E-state index is 5.21. The maximum Gasteiger partial charge on any atom is 0.133 e. The number of furan rings is 1. The van der Waals surface area contributed by atoms with Crippen LogP contribution < -0.4 is 0 Å². The number of hydrogen-bond donors (Lipinski definition) is 0. The molecule has 58 valence electrons. The molecular weight excluding hydrogens is 148 g/mol. The lowest BCUT2D eigenvalue weighted by Gasteiger charge is -1.93. The van der Waals surface area contributed by atoms with Crippen molar-refractivity contribution in [2.24, 2.45) is 0 Å². The third-order valence-electron chi connectivity index (χ3n) is 1.82. The van der Waals surface area contributed by atoms with Crippen LogP contribution in [0.1, 0.15) is 5.56 Å². The summed E-state index contributed by atoms with van der Waals surface area (Å²) in [5.41, 5.74) is 2.07. The smallest absolute Gasteiger partial charge is 0.133 e. The molecule has 1 heteroatoms. The number of rotatable bonds is 1. The van der Waals surface area contributed by atoms with Gasteiger partial charge in [0.05, 0.1) is 6.26 Å². The molecule has 0 radical (unpaired) electrons. The van der Waals surface area contributed by atoms with Gasteiger partial charge in [0.15, 0.2) is 0 Å². The molecule has 2 rings (SSSR count). The lowest BCUT2D eigenvalue weighted by molar-refractivity contribution is 0.616. The van der Waals surface area contributed by atoms with Crippen LogP contribution in [0, 0.1) is 12.3 Å². The van der Waals surface area contributed by atoms with Crippen LogP contribution in [-0.4, -0.2) is 0 Å². The molecule has 0 saturated heterocycles. The van der Waals surface area contributed by atoms with Crippen molar-refractivity contribution in [3.05, 3.63) is 36.1 Å². The number of benzene rings is 1. The van der Waals surface area contributed by atoms with Crippen molar-refractivity contribution >= 4 is 11.0 Å². The quantitative estimate of drug-likeness (QED) is 0.578. The van der Waals surface area contributed by atoms with Crippen molar-refractivity contribution in [2.45, 2.75) is 6.42 Å². The van der Waals surface area contributed by atoms with Gasteiger partial charge in [-0.05, 0) is 23.8 Å². The third-order valence-corrected chi connectivity index (χ3v) is 1.82. The fraction of sp³-hybridized carbons (Fsp3) is 0.0909. The average Bonchev–Trinajstić information content (AvgIpc) is 2.51. The summed E-state index contributed by atoms with van der Waals surface area (Å²) in [6, 6.07) is 7.93. The van der Waals surface area contributed by atoms with Crippen molar-refractivity contribution in [3.8, 4) is 12.3 Å². The van der Waals surface area contributed by atoms with Gasteiger partial charge < -0.3 is 4.42 Å². The Labute approximate surface area is 71.0 Å². The van der Waals surface area contributed by atoms with Gasteiger partial charge >= 0.3 is 0 Å². The molecule has 0 N–H and O–H groups in total. The summed E-state index contributed by atoms with van der Waals surface area (Å²) in [5.74, 6) is 2.61. The number of fused-ring (bicyclic) bond motifs is 1. The molecule has 1 aromatic heterocycles. The second kappa shape index (κ2) is 2.75.